The van der Waals surface area contributed by atoms with Crippen molar-refractivity contribution in [2.45, 2.75) is 6.92 Å². The van der Waals surface area contributed by atoms with Crippen LogP contribution < -0.4 is 5.32 Å². The molecule has 0 aliphatic rings. The molecule has 0 spiro atoms. The standard InChI is InChI=1S/C8H10N4/c1-6-3-7(9-2)12-8(4-6)10-5-11-12/h3-5,9H,1-2H3. The molecule has 12 heavy (non-hydrogen) atoms. The van der Waals surface area contributed by atoms with Crippen molar-refractivity contribution in [3.8, 4) is 0 Å². The first-order valence-corrected chi connectivity index (χ1v) is 3.79. The Morgan fingerprint density at radius 2 is 2.25 bits per heavy atom. The van der Waals surface area contributed by atoms with Crippen LogP contribution in [-0.2, 0) is 0 Å². The first-order chi connectivity index (χ1) is 5.81. The monoisotopic (exact) mass is 162 g/mol. The summed E-state index contributed by atoms with van der Waals surface area (Å²) >= 11 is 0. The third-order valence-corrected chi connectivity index (χ3v) is 1.78. The number of hydrogen-bond acceptors (Lipinski definition) is 3. The predicted molar refractivity (Wildman–Crippen MR) is 47.3 cm³/mol. The van der Waals surface area contributed by atoms with Crippen molar-refractivity contribution in [2.75, 3.05) is 12.4 Å². The van der Waals surface area contributed by atoms with Crippen LogP contribution in [-0.4, -0.2) is 21.6 Å². The Morgan fingerprint density at radius 3 is 3.00 bits per heavy atom. The van der Waals surface area contributed by atoms with E-state index in [0.717, 1.165) is 11.5 Å². The molecular weight excluding hydrogens is 152 g/mol. The minimum atomic E-state index is 0.874. The molecule has 2 rings (SSSR count). The molecule has 0 fully saturated rings. The minimum absolute atomic E-state index is 0.874. The Morgan fingerprint density at radius 1 is 1.42 bits per heavy atom. The van der Waals surface area contributed by atoms with Gasteiger partial charge in [-0.2, -0.15) is 9.61 Å². The molecule has 0 aliphatic heterocycles. The Bertz CT molecular complexity index is 404. The zero-order valence-corrected chi connectivity index (χ0v) is 7.07. The highest BCUT2D eigenvalue weighted by Crippen LogP contribution is 2.11. The summed E-state index contributed by atoms with van der Waals surface area (Å²) < 4.78 is 1.77. The maximum absolute atomic E-state index is 4.10. The van der Waals surface area contributed by atoms with Crippen LogP contribution in [0.1, 0.15) is 5.56 Å². The van der Waals surface area contributed by atoms with Gasteiger partial charge in [-0.25, -0.2) is 4.98 Å². The fourth-order valence-electron chi connectivity index (χ4n) is 1.23. The average Bonchev–Trinajstić information content (AvgIpc) is 2.50. The summed E-state index contributed by atoms with van der Waals surface area (Å²) in [6.45, 7) is 2.04. The van der Waals surface area contributed by atoms with Crippen molar-refractivity contribution in [3.63, 3.8) is 0 Å². The molecule has 2 aromatic rings. The van der Waals surface area contributed by atoms with Crippen LogP contribution in [0.2, 0.25) is 0 Å². The average molecular weight is 162 g/mol. The number of rotatable bonds is 1. The molecule has 0 atom stereocenters. The van der Waals surface area contributed by atoms with E-state index in [1.807, 2.05) is 26.1 Å². The van der Waals surface area contributed by atoms with Gasteiger partial charge in [0.15, 0.2) is 5.65 Å². The lowest BCUT2D eigenvalue weighted by molar-refractivity contribution is 0.961. The summed E-state index contributed by atoms with van der Waals surface area (Å²) in [5.74, 6) is 0.961. The highest BCUT2D eigenvalue weighted by molar-refractivity contribution is 5.50. The van der Waals surface area contributed by atoms with Crippen LogP contribution in [0.4, 0.5) is 5.82 Å². The molecule has 0 unspecified atom stereocenters. The Hall–Kier alpha value is -1.58. The SMILES string of the molecule is CNc1cc(C)cc2ncnn12. The number of nitrogens with zero attached hydrogens (tertiary/aromatic N) is 3. The predicted octanol–water partition coefficient (Wildman–Crippen LogP) is 1.08. The van der Waals surface area contributed by atoms with Crippen LogP contribution in [0, 0.1) is 6.92 Å². The molecule has 4 nitrogen and oxygen atoms in total. The highest BCUT2D eigenvalue weighted by Gasteiger charge is 2.00. The molecule has 2 heterocycles. The van der Waals surface area contributed by atoms with Gasteiger partial charge in [0.1, 0.15) is 12.1 Å². The molecule has 0 aliphatic carbocycles. The van der Waals surface area contributed by atoms with Gasteiger partial charge in [0.05, 0.1) is 0 Å². The molecule has 0 aromatic carbocycles. The van der Waals surface area contributed by atoms with Gasteiger partial charge in [-0.15, -0.1) is 0 Å². The summed E-state index contributed by atoms with van der Waals surface area (Å²) in [4.78, 5) is 4.10. The third kappa shape index (κ3) is 0.922. The van der Waals surface area contributed by atoms with Crippen molar-refractivity contribution in [1.29, 1.82) is 0 Å². The lowest BCUT2D eigenvalue weighted by atomic mass is 10.3. The topological polar surface area (TPSA) is 42.2 Å². The molecule has 0 amide bonds. The van der Waals surface area contributed by atoms with Crippen molar-refractivity contribution >= 4 is 11.5 Å². The Balaban J connectivity index is 2.80. The summed E-state index contributed by atoms with van der Waals surface area (Å²) in [5, 5.41) is 7.13. The minimum Gasteiger partial charge on any atom is -0.373 e. The van der Waals surface area contributed by atoms with Gasteiger partial charge in [0.25, 0.3) is 0 Å². The van der Waals surface area contributed by atoms with E-state index in [1.165, 1.54) is 5.56 Å². The third-order valence-electron chi connectivity index (χ3n) is 1.78. The molecular formula is C8H10N4. The highest BCUT2D eigenvalue weighted by atomic mass is 15.3. The number of aromatic nitrogens is 3. The number of fused-ring (bicyclic) bond motifs is 1. The van der Waals surface area contributed by atoms with E-state index in [0.29, 0.717) is 0 Å². The fourth-order valence-corrected chi connectivity index (χ4v) is 1.23. The van der Waals surface area contributed by atoms with E-state index < -0.39 is 0 Å². The second kappa shape index (κ2) is 2.48. The van der Waals surface area contributed by atoms with Gasteiger partial charge >= 0.3 is 0 Å². The number of aryl methyl sites for hydroxylation is 1. The smallest absolute Gasteiger partial charge is 0.157 e. The van der Waals surface area contributed by atoms with E-state index in [1.54, 1.807) is 10.8 Å². The largest absolute Gasteiger partial charge is 0.373 e. The number of pyridine rings is 1. The van der Waals surface area contributed by atoms with Crippen molar-refractivity contribution in [1.82, 2.24) is 14.6 Å². The van der Waals surface area contributed by atoms with E-state index in [9.17, 15) is 0 Å². The van der Waals surface area contributed by atoms with Crippen molar-refractivity contribution in [3.05, 3.63) is 24.0 Å². The number of anilines is 1. The lowest BCUT2D eigenvalue weighted by Gasteiger charge is -2.03. The number of nitrogens with one attached hydrogen (secondary N) is 1. The number of hydrogen-bond donors (Lipinski definition) is 1. The summed E-state index contributed by atoms with van der Waals surface area (Å²) in [6, 6.07) is 4.02. The van der Waals surface area contributed by atoms with Gasteiger partial charge in [-0.3, -0.25) is 0 Å². The maximum atomic E-state index is 4.10. The molecule has 0 saturated heterocycles. The zero-order valence-electron chi connectivity index (χ0n) is 7.07. The molecule has 0 saturated carbocycles. The zero-order chi connectivity index (χ0) is 8.55. The van der Waals surface area contributed by atoms with E-state index in [-0.39, 0.29) is 0 Å². The van der Waals surface area contributed by atoms with Gasteiger partial charge < -0.3 is 5.32 Å². The van der Waals surface area contributed by atoms with Crippen molar-refractivity contribution in [2.24, 2.45) is 0 Å². The molecule has 2 aromatic heterocycles. The lowest BCUT2D eigenvalue weighted by Crippen LogP contribution is -1.99. The van der Waals surface area contributed by atoms with Crippen LogP contribution in [0.15, 0.2) is 18.5 Å². The first-order valence-electron chi connectivity index (χ1n) is 3.79. The summed E-state index contributed by atoms with van der Waals surface area (Å²) in [5.41, 5.74) is 2.05. The van der Waals surface area contributed by atoms with E-state index in [4.69, 9.17) is 0 Å². The van der Waals surface area contributed by atoms with Gasteiger partial charge in [0, 0.05) is 7.05 Å². The molecule has 0 bridgehead atoms. The summed E-state index contributed by atoms with van der Waals surface area (Å²) in [7, 11) is 1.87. The van der Waals surface area contributed by atoms with Gasteiger partial charge in [-0.1, -0.05) is 0 Å². The second-order valence-corrected chi connectivity index (χ2v) is 2.70. The maximum Gasteiger partial charge on any atom is 0.157 e. The molecule has 4 heteroatoms. The molecule has 1 N–H and O–H groups in total. The van der Waals surface area contributed by atoms with Gasteiger partial charge in [0.2, 0.25) is 0 Å². The Labute approximate surface area is 70.2 Å². The fraction of sp³-hybridized carbons (Fsp3) is 0.250. The van der Waals surface area contributed by atoms with E-state index in [2.05, 4.69) is 15.4 Å². The molecule has 0 radical (unpaired) electrons. The van der Waals surface area contributed by atoms with E-state index >= 15 is 0 Å². The Kier molecular flexibility index (Phi) is 1.46. The summed E-state index contributed by atoms with van der Waals surface area (Å²) in [6.07, 6.45) is 1.55. The quantitative estimate of drug-likeness (QED) is 0.682. The van der Waals surface area contributed by atoms with Crippen LogP contribution >= 0.6 is 0 Å². The van der Waals surface area contributed by atoms with Crippen molar-refractivity contribution < 1.29 is 0 Å². The van der Waals surface area contributed by atoms with Crippen LogP contribution in [0.25, 0.3) is 5.65 Å². The van der Waals surface area contributed by atoms with Crippen LogP contribution in [0.5, 0.6) is 0 Å². The first kappa shape index (κ1) is 7.09. The normalized spacial score (nSPS) is 10.5. The molecule has 62 valence electrons. The van der Waals surface area contributed by atoms with Crippen LogP contribution in [0.3, 0.4) is 0 Å². The van der Waals surface area contributed by atoms with Gasteiger partial charge in [-0.05, 0) is 24.6 Å². The second-order valence-electron chi connectivity index (χ2n) is 2.70.